The summed E-state index contributed by atoms with van der Waals surface area (Å²) in [4.78, 5) is 0. The minimum atomic E-state index is 0.373. The number of hydrogen-bond donors (Lipinski definition) is 0. The highest BCUT2D eigenvalue weighted by Crippen LogP contribution is 2.27. The quantitative estimate of drug-likeness (QED) is 0.747. The van der Waals surface area contributed by atoms with Crippen LogP contribution in [0.1, 0.15) is 5.56 Å². The average molecular weight is 353 g/mol. The molecule has 2 aromatic carbocycles. The Balaban J connectivity index is 1.83. The Hall–Kier alpha value is -1.70. The molecule has 5 heteroatoms. The molecule has 0 unspecified atom stereocenters. The molecule has 20 heavy (non-hydrogen) atoms. The van der Waals surface area contributed by atoms with E-state index < -0.39 is 0 Å². The number of nitriles is 1. The van der Waals surface area contributed by atoms with Crippen molar-refractivity contribution in [2.45, 2.75) is 0 Å². The second kappa shape index (κ2) is 7.18. The van der Waals surface area contributed by atoms with E-state index in [4.69, 9.17) is 26.3 Å². The molecule has 0 atom stereocenters. The maximum absolute atomic E-state index is 8.79. The van der Waals surface area contributed by atoms with Crippen molar-refractivity contribution in [1.29, 1.82) is 5.26 Å². The highest BCUT2D eigenvalue weighted by molar-refractivity contribution is 9.10. The summed E-state index contributed by atoms with van der Waals surface area (Å²) < 4.78 is 11.9. The Kier molecular flexibility index (Phi) is 5.28. The van der Waals surface area contributed by atoms with E-state index >= 15 is 0 Å². The fourth-order valence-electron chi connectivity index (χ4n) is 1.56. The smallest absolute Gasteiger partial charge is 0.138 e. The molecule has 102 valence electrons. The maximum atomic E-state index is 8.79. The number of halogens is 2. The van der Waals surface area contributed by atoms with E-state index in [2.05, 4.69) is 22.0 Å². The van der Waals surface area contributed by atoms with Crippen LogP contribution in [0.25, 0.3) is 0 Å². The van der Waals surface area contributed by atoms with Crippen molar-refractivity contribution in [2.75, 3.05) is 13.2 Å². The van der Waals surface area contributed by atoms with Gasteiger partial charge in [0.15, 0.2) is 0 Å². The Morgan fingerprint density at radius 3 is 2.65 bits per heavy atom. The van der Waals surface area contributed by atoms with Crippen LogP contribution in [0.15, 0.2) is 46.9 Å². The van der Waals surface area contributed by atoms with Crippen LogP contribution in [-0.4, -0.2) is 13.2 Å². The van der Waals surface area contributed by atoms with E-state index in [1.807, 2.05) is 6.07 Å². The van der Waals surface area contributed by atoms with Gasteiger partial charge in [-0.1, -0.05) is 33.6 Å². The van der Waals surface area contributed by atoms with Gasteiger partial charge in [-0.3, -0.25) is 0 Å². The van der Waals surface area contributed by atoms with Gasteiger partial charge in [-0.25, -0.2) is 0 Å². The average Bonchev–Trinajstić information content (AvgIpc) is 2.45. The Bertz CT molecular complexity index is 640. The Morgan fingerprint density at radius 2 is 1.90 bits per heavy atom. The highest BCUT2D eigenvalue weighted by Gasteiger charge is 2.02. The summed E-state index contributed by atoms with van der Waals surface area (Å²) in [6.45, 7) is 0.749. The van der Waals surface area contributed by atoms with Gasteiger partial charge < -0.3 is 9.47 Å². The lowest BCUT2D eigenvalue weighted by atomic mass is 10.2. The molecule has 2 aromatic rings. The van der Waals surface area contributed by atoms with Crippen LogP contribution in [0.4, 0.5) is 0 Å². The standard InChI is InChI=1S/C15H11BrClNO2/c16-12-4-5-15(14(17)9-12)20-7-6-19-13-3-1-2-11(8-13)10-18/h1-5,8-9H,6-7H2. The minimum Gasteiger partial charge on any atom is -0.490 e. The second-order valence-corrected chi connectivity index (χ2v) is 5.23. The largest absolute Gasteiger partial charge is 0.490 e. The molecular formula is C15H11BrClNO2. The zero-order valence-corrected chi connectivity index (χ0v) is 12.8. The third kappa shape index (κ3) is 4.16. The summed E-state index contributed by atoms with van der Waals surface area (Å²) in [7, 11) is 0. The first-order valence-electron chi connectivity index (χ1n) is 5.90. The zero-order chi connectivity index (χ0) is 14.4. The molecule has 0 heterocycles. The van der Waals surface area contributed by atoms with Gasteiger partial charge in [-0.2, -0.15) is 5.26 Å². The molecule has 0 aliphatic carbocycles. The van der Waals surface area contributed by atoms with Crippen molar-refractivity contribution in [3.8, 4) is 17.6 Å². The summed E-state index contributed by atoms with van der Waals surface area (Å²) in [5, 5.41) is 9.33. The number of ether oxygens (including phenoxy) is 2. The van der Waals surface area contributed by atoms with E-state index in [0.717, 1.165) is 4.47 Å². The van der Waals surface area contributed by atoms with Crippen molar-refractivity contribution in [1.82, 2.24) is 0 Å². The lowest BCUT2D eigenvalue weighted by molar-refractivity contribution is 0.217. The molecule has 0 radical (unpaired) electrons. The zero-order valence-electron chi connectivity index (χ0n) is 10.5. The lowest BCUT2D eigenvalue weighted by Gasteiger charge is -2.09. The molecule has 0 aromatic heterocycles. The van der Waals surface area contributed by atoms with Gasteiger partial charge in [0, 0.05) is 4.47 Å². The molecule has 0 spiro atoms. The summed E-state index contributed by atoms with van der Waals surface area (Å²) in [5.74, 6) is 1.26. The van der Waals surface area contributed by atoms with Crippen LogP contribution in [0.5, 0.6) is 11.5 Å². The molecule has 0 saturated heterocycles. The van der Waals surface area contributed by atoms with Gasteiger partial charge >= 0.3 is 0 Å². The summed E-state index contributed by atoms with van der Waals surface area (Å²) in [5.41, 5.74) is 0.569. The summed E-state index contributed by atoms with van der Waals surface area (Å²) >= 11 is 9.36. The predicted molar refractivity (Wildman–Crippen MR) is 81.3 cm³/mol. The van der Waals surface area contributed by atoms with Gasteiger partial charge in [0.2, 0.25) is 0 Å². The van der Waals surface area contributed by atoms with Gasteiger partial charge in [-0.05, 0) is 36.4 Å². The van der Waals surface area contributed by atoms with Crippen molar-refractivity contribution in [3.05, 3.63) is 57.5 Å². The van der Waals surface area contributed by atoms with Gasteiger partial charge in [0.25, 0.3) is 0 Å². The molecule has 2 rings (SSSR count). The predicted octanol–water partition coefficient (Wildman–Crippen LogP) is 4.43. The third-order valence-electron chi connectivity index (χ3n) is 2.47. The van der Waals surface area contributed by atoms with Crippen LogP contribution < -0.4 is 9.47 Å². The van der Waals surface area contributed by atoms with E-state index in [0.29, 0.717) is 35.3 Å². The SMILES string of the molecule is N#Cc1cccc(OCCOc2ccc(Br)cc2Cl)c1. The van der Waals surface area contributed by atoms with Gasteiger partial charge in [-0.15, -0.1) is 0 Å². The second-order valence-electron chi connectivity index (χ2n) is 3.91. The number of hydrogen-bond acceptors (Lipinski definition) is 3. The Labute approximate surface area is 130 Å². The van der Waals surface area contributed by atoms with Gasteiger partial charge in [0.05, 0.1) is 16.7 Å². The van der Waals surface area contributed by atoms with Crippen LogP contribution in [0.3, 0.4) is 0 Å². The third-order valence-corrected chi connectivity index (χ3v) is 3.26. The Morgan fingerprint density at radius 1 is 1.10 bits per heavy atom. The van der Waals surface area contributed by atoms with Crippen molar-refractivity contribution in [2.24, 2.45) is 0 Å². The molecule has 0 fully saturated rings. The fraction of sp³-hybridized carbons (Fsp3) is 0.133. The number of nitrogens with zero attached hydrogens (tertiary/aromatic N) is 1. The van der Waals surface area contributed by atoms with E-state index in [1.54, 1.807) is 36.4 Å². The molecule has 0 aliphatic heterocycles. The van der Waals surface area contributed by atoms with Crippen LogP contribution >= 0.6 is 27.5 Å². The van der Waals surface area contributed by atoms with Gasteiger partial charge in [0.1, 0.15) is 24.7 Å². The number of benzene rings is 2. The summed E-state index contributed by atoms with van der Waals surface area (Å²) in [6.07, 6.45) is 0. The van der Waals surface area contributed by atoms with E-state index in [-0.39, 0.29) is 0 Å². The van der Waals surface area contributed by atoms with E-state index in [9.17, 15) is 0 Å². The molecule has 0 bridgehead atoms. The topological polar surface area (TPSA) is 42.2 Å². The monoisotopic (exact) mass is 351 g/mol. The number of rotatable bonds is 5. The maximum Gasteiger partial charge on any atom is 0.138 e. The first-order chi connectivity index (χ1) is 9.69. The van der Waals surface area contributed by atoms with Crippen molar-refractivity contribution < 1.29 is 9.47 Å². The van der Waals surface area contributed by atoms with Crippen LogP contribution in [0, 0.1) is 11.3 Å². The summed E-state index contributed by atoms with van der Waals surface area (Å²) in [6, 6.07) is 14.5. The lowest BCUT2D eigenvalue weighted by Crippen LogP contribution is -2.09. The first kappa shape index (κ1) is 14.7. The first-order valence-corrected chi connectivity index (χ1v) is 7.07. The molecule has 0 saturated carbocycles. The van der Waals surface area contributed by atoms with Crippen LogP contribution in [0.2, 0.25) is 5.02 Å². The molecule has 0 amide bonds. The van der Waals surface area contributed by atoms with Crippen LogP contribution in [-0.2, 0) is 0 Å². The highest BCUT2D eigenvalue weighted by atomic mass is 79.9. The molecule has 0 aliphatic rings. The minimum absolute atomic E-state index is 0.373. The van der Waals surface area contributed by atoms with Crippen molar-refractivity contribution >= 4 is 27.5 Å². The molecule has 3 nitrogen and oxygen atoms in total. The fourth-order valence-corrected chi connectivity index (χ4v) is 2.29. The normalized spacial score (nSPS) is 9.85. The molecular weight excluding hydrogens is 342 g/mol. The molecule has 0 N–H and O–H groups in total. The van der Waals surface area contributed by atoms with Crippen molar-refractivity contribution in [3.63, 3.8) is 0 Å². The van der Waals surface area contributed by atoms with E-state index in [1.165, 1.54) is 0 Å².